The number of quaternary nitrogens is 1. The number of unbranched alkanes of at least 4 members (excludes halogenated alkanes) is 12. The molecule has 9 heteroatoms. The molecule has 0 rings (SSSR count). The van der Waals surface area contributed by atoms with E-state index in [1.165, 1.54) is 57.8 Å². The van der Waals surface area contributed by atoms with Gasteiger partial charge >= 0.3 is 5.97 Å². The van der Waals surface area contributed by atoms with E-state index in [9.17, 15) is 14.3 Å². The number of phosphoric ester groups is 1. The highest BCUT2D eigenvalue weighted by Crippen LogP contribution is 2.38. The van der Waals surface area contributed by atoms with Crippen molar-refractivity contribution in [1.82, 2.24) is 0 Å². The fraction of sp³-hybridized carbons (Fsp3) is 0.711. The van der Waals surface area contributed by atoms with Crippen LogP contribution in [0.1, 0.15) is 149 Å². The molecule has 0 aliphatic heterocycles. The Labute approximate surface area is 332 Å². The molecular formula is C45H80NO7P. The molecule has 0 amide bonds. The zero-order valence-electron chi connectivity index (χ0n) is 35.1. The van der Waals surface area contributed by atoms with E-state index in [4.69, 9.17) is 18.5 Å². The minimum absolute atomic E-state index is 0.00796. The number of ether oxygens (including phenoxy) is 2. The number of hydrogen-bond acceptors (Lipinski definition) is 7. The third-order valence-corrected chi connectivity index (χ3v) is 9.48. The summed E-state index contributed by atoms with van der Waals surface area (Å²) in [6.07, 6.45) is 47.9. The van der Waals surface area contributed by atoms with E-state index in [-0.39, 0.29) is 32.2 Å². The normalized spacial score (nSPS) is 14.6. The van der Waals surface area contributed by atoms with Gasteiger partial charge in [0.2, 0.25) is 0 Å². The first-order valence-electron chi connectivity index (χ1n) is 21.2. The molecule has 2 unspecified atom stereocenters. The average Bonchev–Trinajstić information content (AvgIpc) is 3.12. The number of likely N-dealkylation sites (N-methyl/N-ethyl adjacent to an activating group) is 1. The number of esters is 1. The molecule has 0 aliphatic rings. The van der Waals surface area contributed by atoms with Crippen LogP contribution in [0.3, 0.4) is 0 Å². The Morgan fingerprint density at radius 2 is 1.07 bits per heavy atom. The Morgan fingerprint density at radius 3 is 1.61 bits per heavy atom. The van der Waals surface area contributed by atoms with Gasteiger partial charge < -0.3 is 27.9 Å². The molecular weight excluding hydrogens is 697 g/mol. The Bertz CT molecular complexity index is 1090. The van der Waals surface area contributed by atoms with E-state index < -0.39 is 13.9 Å². The molecule has 312 valence electrons. The molecule has 0 aromatic heterocycles. The third-order valence-electron chi connectivity index (χ3n) is 8.51. The van der Waals surface area contributed by atoms with Gasteiger partial charge in [-0.3, -0.25) is 9.36 Å². The van der Waals surface area contributed by atoms with Crippen LogP contribution in [-0.2, 0) is 27.9 Å². The highest BCUT2D eigenvalue weighted by Gasteiger charge is 2.20. The second kappa shape index (κ2) is 37.8. The number of carbonyl (C=O) groups is 1. The molecule has 0 N–H and O–H groups in total. The minimum atomic E-state index is -4.55. The van der Waals surface area contributed by atoms with E-state index in [0.717, 1.165) is 64.2 Å². The van der Waals surface area contributed by atoms with Crippen LogP contribution in [0.4, 0.5) is 0 Å². The molecule has 2 atom stereocenters. The van der Waals surface area contributed by atoms with E-state index in [1.807, 2.05) is 21.1 Å². The Balaban J connectivity index is 4.40. The van der Waals surface area contributed by atoms with Gasteiger partial charge in [0.05, 0.1) is 41.0 Å². The van der Waals surface area contributed by atoms with Crippen molar-refractivity contribution in [2.24, 2.45) is 0 Å². The van der Waals surface area contributed by atoms with Crippen molar-refractivity contribution in [2.75, 3.05) is 54.1 Å². The first-order valence-corrected chi connectivity index (χ1v) is 22.6. The molecule has 0 saturated heterocycles. The van der Waals surface area contributed by atoms with Crippen molar-refractivity contribution in [2.45, 2.75) is 155 Å². The molecule has 0 bridgehead atoms. The number of phosphoric acid groups is 1. The van der Waals surface area contributed by atoms with Gasteiger partial charge in [-0.2, -0.15) is 0 Å². The van der Waals surface area contributed by atoms with Gasteiger partial charge in [0.15, 0.2) is 0 Å². The SMILES string of the molecule is CC/C=C\C/C=C\C/C=C\C/C=C\C/C=C\CCOCC(COP(=O)([O-])OCC[N+](C)(C)C)OC(=O)CCCCCCC/C=C\CCCCCCCCC. The molecule has 8 nitrogen and oxygen atoms in total. The van der Waals surface area contributed by atoms with Crippen LogP contribution < -0.4 is 4.89 Å². The van der Waals surface area contributed by atoms with Crippen LogP contribution in [-0.4, -0.2) is 70.7 Å². The topological polar surface area (TPSA) is 94.1 Å². The van der Waals surface area contributed by atoms with Gasteiger partial charge in [-0.1, -0.05) is 145 Å². The van der Waals surface area contributed by atoms with Crippen molar-refractivity contribution in [1.29, 1.82) is 0 Å². The van der Waals surface area contributed by atoms with Gasteiger partial charge in [-0.25, -0.2) is 0 Å². The lowest BCUT2D eigenvalue weighted by atomic mass is 10.1. The molecule has 0 heterocycles. The van der Waals surface area contributed by atoms with Crippen LogP contribution in [0.25, 0.3) is 0 Å². The second-order valence-electron chi connectivity index (χ2n) is 15.0. The van der Waals surface area contributed by atoms with Crippen molar-refractivity contribution >= 4 is 13.8 Å². The van der Waals surface area contributed by atoms with Crippen LogP contribution in [0.2, 0.25) is 0 Å². The summed E-state index contributed by atoms with van der Waals surface area (Å²) in [5.74, 6) is -0.370. The number of carbonyl (C=O) groups excluding carboxylic acids is 1. The summed E-state index contributed by atoms with van der Waals surface area (Å²) in [5.41, 5.74) is 0. The lowest BCUT2D eigenvalue weighted by Crippen LogP contribution is -2.37. The summed E-state index contributed by atoms with van der Waals surface area (Å²) < 4.78 is 34.4. The summed E-state index contributed by atoms with van der Waals surface area (Å²) in [7, 11) is 1.29. The molecule has 0 aliphatic carbocycles. The quantitative estimate of drug-likeness (QED) is 0.0202. The van der Waals surface area contributed by atoms with Gasteiger partial charge in [0.1, 0.15) is 19.3 Å². The van der Waals surface area contributed by atoms with E-state index in [2.05, 4.69) is 86.8 Å². The maximum absolute atomic E-state index is 12.7. The van der Waals surface area contributed by atoms with Crippen LogP contribution in [0.5, 0.6) is 0 Å². The first-order chi connectivity index (χ1) is 26.1. The van der Waals surface area contributed by atoms with E-state index in [0.29, 0.717) is 24.1 Å². The fourth-order valence-corrected chi connectivity index (χ4v) is 5.98. The van der Waals surface area contributed by atoms with E-state index in [1.54, 1.807) is 0 Å². The van der Waals surface area contributed by atoms with Crippen LogP contribution in [0, 0.1) is 0 Å². The zero-order valence-corrected chi connectivity index (χ0v) is 36.0. The van der Waals surface area contributed by atoms with Crippen LogP contribution >= 0.6 is 7.82 Å². The number of nitrogens with zero attached hydrogens (tertiary/aromatic N) is 1. The number of allylic oxidation sites excluding steroid dienone is 11. The fourth-order valence-electron chi connectivity index (χ4n) is 5.25. The number of rotatable bonds is 38. The van der Waals surface area contributed by atoms with Gasteiger partial charge in [-0.15, -0.1) is 0 Å². The van der Waals surface area contributed by atoms with Crippen molar-refractivity contribution in [3.8, 4) is 0 Å². The average molecular weight is 778 g/mol. The minimum Gasteiger partial charge on any atom is -0.756 e. The molecule has 0 radical (unpaired) electrons. The lowest BCUT2D eigenvalue weighted by Gasteiger charge is -2.28. The Kier molecular flexibility index (Phi) is 36.4. The molecule has 0 fully saturated rings. The highest BCUT2D eigenvalue weighted by molar-refractivity contribution is 7.45. The highest BCUT2D eigenvalue weighted by atomic mass is 31.2. The largest absolute Gasteiger partial charge is 0.756 e. The third kappa shape index (κ3) is 41.1. The van der Waals surface area contributed by atoms with Gasteiger partial charge in [-0.05, 0) is 70.6 Å². The summed E-state index contributed by atoms with van der Waals surface area (Å²) in [5, 5.41) is 0. The first kappa shape index (κ1) is 51.9. The predicted molar refractivity (Wildman–Crippen MR) is 226 cm³/mol. The maximum Gasteiger partial charge on any atom is 0.306 e. The Hall–Kier alpha value is -2.06. The summed E-state index contributed by atoms with van der Waals surface area (Å²) in [6.45, 7) is 5.03. The smallest absolute Gasteiger partial charge is 0.306 e. The second-order valence-corrected chi connectivity index (χ2v) is 16.4. The summed E-state index contributed by atoms with van der Waals surface area (Å²) in [4.78, 5) is 25.0. The molecule has 0 aromatic carbocycles. The lowest BCUT2D eigenvalue weighted by molar-refractivity contribution is -0.870. The van der Waals surface area contributed by atoms with Crippen molar-refractivity contribution < 1.29 is 37.3 Å². The van der Waals surface area contributed by atoms with E-state index >= 15 is 0 Å². The molecule has 0 saturated carbocycles. The summed E-state index contributed by atoms with van der Waals surface area (Å²) in [6, 6.07) is 0. The zero-order chi connectivity index (χ0) is 39.9. The number of hydrogen-bond donors (Lipinski definition) is 0. The van der Waals surface area contributed by atoms with Crippen LogP contribution in [0.15, 0.2) is 72.9 Å². The molecule has 0 aromatic rings. The summed E-state index contributed by atoms with van der Waals surface area (Å²) >= 11 is 0. The predicted octanol–water partition coefficient (Wildman–Crippen LogP) is 11.7. The van der Waals surface area contributed by atoms with Crippen molar-refractivity contribution in [3.05, 3.63) is 72.9 Å². The molecule has 54 heavy (non-hydrogen) atoms. The van der Waals surface area contributed by atoms with Gasteiger partial charge in [0, 0.05) is 6.42 Å². The standard InChI is InChI=1S/C45H80NO7P/c1-6-8-10-12-14-16-18-20-22-24-26-28-30-32-34-36-38-45(47)53-44(43-52-54(48,49)51-41-39-46(3,4)5)42-50-40-37-35-33-31-29-27-25-23-21-19-17-15-13-11-9-7-2/h9,11,15,17,21-24,27,29,33,35,44H,6-8,10,12-14,16,18-20,25-26,28,30-32,34,36-43H2,1-5H3/b11-9-,17-15-,23-21-,24-22-,29-27-,35-33-. The maximum atomic E-state index is 12.7. The Morgan fingerprint density at radius 1 is 0.593 bits per heavy atom. The van der Waals surface area contributed by atoms with Crippen molar-refractivity contribution in [3.63, 3.8) is 0 Å². The molecule has 0 spiro atoms. The van der Waals surface area contributed by atoms with Gasteiger partial charge in [0.25, 0.3) is 7.82 Å². The monoisotopic (exact) mass is 778 g/mol.